The predicted molar refractivity (Wildman–Crippen MR) is 78.1 cm³/mol. The average molecular weight is 325 g/mol. The summed E-state index contributed by atoms with van der Waals surface area (Å²) in [6.45, 7) is -0.730. The maximum atomic E-state index is 13.1. The third kappa shape index (κ3) is 2.45. The minimum atomic E-state index is -2.77. The fraction of sp³-hybridized carbons (Fsp3) is 0.500. The summed E-state index contributed by atoms with van der Waals surface area (Å²) in [6.07, 6.45) is 0.638. The zero-order valence-corrected chi connectivity index (χ0v) is 12.6. The number of rotatable bonds is 2. The molecular weight excluding hydrogens is 308 g/mol. The van der Waals surface area contributed by atoms with Gasteiger partial charge >= 0.3 is 6.55 Å². The van der Waals surface area contributed by atoms with Gasteiger partial charge in [-0.3, -0.25) is 19.5 Å². The molecule has 0 bridgehead atoms. The Balaban J connectivity index is 1.76. The maximum Gasteiger partial charge on any atom is 0.319 e. The molecule has 1 aromatic rings. The number of aryl methyl sites for hydroxylation is 1. The van der Waals surface area contributed by atoms with E-state index in [0.29, 0.717) is 23.1 Å². The number of carbonyl (C=O) groups excluding carboxylic acids is 2. The molecule has 0 aromatic carbocycles. The lowest BCUT2D eigenvalue weighted by Crippen LogP contribution is -2.50. The van der Waals surface area contributed by atoms with Gasteiger partial charge in [-0.1, -0.05) is 0 Å². The van der Waals surface area contributed by atoms with Crippen molar-refractivity contribution in [2.75, 3.05) is 13.1 Å². The van der Waals surface area contributed by atoms with Crippen molar-refractivity contribution < 1.29 is 18.4 Å². The highest BCUT2D eigenvalue weighted by Gasteiger charge is 2.46. The number of hydrogen-bond donors (Lipinski definition) is 2. The van der Waals surface area contributed by atoms with Gasteiger partial charge in [0.05, 0.1) is 0 Å². The number of guanidine groups is 1. The number of nitrogens with zero attached hydrogens (tertiary/aromatic N) is 3. The second-order valence-corrected chi connectivity index (χ2v) is 5.78. The van der Waals surface area contributed by atoms with E-state index in [1.54, 1.807) is 0 Å². The molecule has 2 aliphatic rings. The van der Waals surface area contributed by atoms with Crippen LogP contribution < -0.4 is 11.1 Å². The number of likely N-dealkylation sites (tertiary alicyclic amines) is 1. The Kier molecular flexibility index (Phi) is 3.57. The van der Waals surface area contributed by atoms with Crippen LogP contribution >= 0.6 is 0 Å². The molecule has 7 nitrogen and oxygen atoms in total. The number of halogens is 2. The SMILES string of the molecule is Cc1ccc(C(=O)N2CCC3(CC2)N=C(N)NC3=O)n1C(F)F. The number of piperidine rings is 1. The van der Waals surface area contributed by atoms with Crippen LogP contribution in [-0.4, -0.2) is 45.9 Å². The molecular formula is C14H17F2N5O2. The van der Waals surface area contributed by atoms with Crippen LogP contribution in [0.15, 0.2) is 17.1 Å². The second-order valence-electron chi connectivity index (χ2n) is 5.78. The monoisotopic (exact) mass is 325 g/mol. The van der Waals surface area contributed by atoms with E-state index < -0.39 is 18.0 Å². The fourth-order valence-electron chi connectivity index (χ4n) is 3.11. The molecule has 2 aliphatic heterocycles. The normalized spacial score (nSPS) is 20.1. The summed E-state index contributed by atoms with van der Waals surface area (Å²) in [4.78, 5) is 30.1. The van der Waals surface area contributed by atoms with Crippen LogP contribution in [-0.2, 0) is 4.79 Å². The lowest BCUT2D eigenvalue weighted by Gasteiger charge is -2.35. The average Bonchev–Trinajstić information content (AvgIpc) is 3.00. The molecule has 3 N–H and O–H groups in total. The summed E-state index contributed by atoms with van der Waals surface area (Å²) < 4.78 is 26.9. The third-order valence-corrected chi connectivity index (χ3v) is 4.41. The maximum absolute atomic E-state index is 13.1. The molecule has 0 unspecified atom stereocenters. The number of alkyl halides is 2. The highest BCUT2D eigenvalue weighted by atomic mass is 19.3. The number of nitrogens with one attached hydrogen (secondary N) is 1. The molecule has 1 saturated heterocycles. The van der Waals surface area contributed by atoms with Gasteiger partial charge in [-0.25, -0.2) is 4.99 Å². The lowest BCUT2D eigenvalue weighted by atomic mass is 9.88. The molecule has 124 valence electrons. The van der Waals surface area contributed by atoms with Crippen LogP contribution in [0.4, 0.5) is 8.78 Å². The van der Waals surface area contributed by atoms with Crippen LogP contribution in [0.1, 0.15) is 35.6 Å². The predicted octanol–water partition coefficient (Wildman–Crippen LogP) is 0.611. The Morgan fingerprint density at radius 3 is 2.57 bits per heavy atom. The van der Waals surface area contributed by atoms with Gasteiger partial charge in [0.2, 0.25) is 0 Å². The summed E-state index contributed by atoms with van der Waals surface area (Å²) in [5, 5.41) is 2.46. The van der Waals surface area contributed by atoms with E-state index in [2.05, 4.69) is 10.3 Å². The van der Waals surface area contributed by atoms with E-state index >= 15 is 0 Å². The first-order valence-corrected chi connectivity index (χ1v) is 7.26. The molecule has 0 atom stereocenters. The van der Waals surface area contributed by atoms with Crippen LogP contribution in [0.3, 0.4) is 0 Å². The molecule has 0 radical (unpaired) electrons. The number of carbonyl (C=O) groups is 2. The summed E-state index contributed by atoms with van der Waals surface area (Å²) in [5.41, 5.74) is 4.87. The number of amides is 2. The van der Waals surface area contributed by atoms with Crippen molar-refractivity contribution in [2.45, 2.75) is 31.9 Å². The fourth-order valence-corrected chi connectivity index (χ4v) is 3.11. The Hall–Kier alpha value is -2.45. The molecule has 0 aliphatic carbocycles. The quantitative estimate of drug-likeness (QED) is 0.834. The standard InChI is InChI=1S/C14H17F2N5O2/c1-8-2-3-9(21(8)12(15)16)10(22)20-6-4-14(5-7-20)11(23)18-13(17)19-14/h2-3,12H,4-7H2,1H3,(H3,17,18,19,23). The number of nitrogens with two attached hydrogens (primary N) is 1. The summed E-state index contributed by atoms with van der Waals surface area (Å²) in [5.74, 6) is -0.658. The van der Waals surface area contributed by atoms with Gasteiger partial charge in [-0.05, 0) is 31.9 Å². The smallest absolute Gasteiger partial charge is 0.319 e. The molecule has 1 spiro atoms. The van der Waals surface area contributed by atoms with E-state index in [1.807, 2.05) is 0 Å². The molecule has 9 heteroatoms. The second kappa shape index (κ2) is 5.32. The van der Waals surface area contributed by atoms with Gasteiger partial charge in [0, 0.05) is 18.8 Å². The van der Waals surface area contributed by atoms with Crippen LogP contribution in [0, 0.1) is 6.92 Å². The summed E-state index contributed by atoms with van der Waals surface area (Å²) in [6, 6.07) is 2.88. The van der Waals surface area contributed by atoms with Crippen LogP contribution in [0.2, 0.25) is 0 Å². The number of hydrogen-bond acceptors (Lipinski definition) is 4. The minimum absolute atomic E-state index is 0.0488. The molecule has 23 heavy (non-hydrogen) atoms. The van der Waals surface area contributed by atoms with Gasteiger partial charge in [0.1, 0.15) is 11.2 Å². The Morgan fingerprint density at radius 2 is 2.04 bits per heavy atom. The first kappa shape index (κ1) is 15.4. The zero-order chi connectivity index (χ0) is 16.8. The van der Waals surface area contributed by atoms with Crippen molar-refractivity contribution in [3.63, 3.8) is 0 Å². The first-order valence-electron chi connectivity index (χ1n) is 7.26. The van der Waals surface area contributed by atoms with E-state index in [1.165, 1.54) is 24.0 Å². The Labute approximate surface area is 131 Å². The van der Waals surface area contributed by atoms with Crippen molar-refractivity contribution in [2.24, 2.45) is 10.7 Å². The highest BCUT2D eigenvalue weighted by molar-refractivity contribution is 6.07. The Bertz CT molecular complexity index is 689. The molecule has 3 heterocycles. The van der Waals surface area contributed by atoms with E-state index in [0.717, 1.165) is 0 Å². The van der Waals surface area contributed by atoms with Crippen LogP contribution in [0.5, 0.6) is 0 Å². The van der Waals surface area contributed by atoms with Gasteiger partial charge < -0.3 is 10.6 Å². The van der Waals surface area contributed by atoms with Crippen molar-refractivity contribution in [1.29, 1.82) is 0 Å². The van der Waals surface area contributed by atoms with Crippen molar-refractivity contribution in [3.8, 4) is 0 Å². The van der Waals surface area contributed by atoms with Gasteiger partial charge in [0.25, 0.3) is 11.8 Å². The van der Waals surface area contributed by atoms with Crippen molar-refractivity contribution >= 4 is 17.8 Å². The largest absolute Gasteiger partial charge is 0.370 e. The van der Waals surface area contributed by atoms with Crippen molar-refractivity contribution in [3.05, 3.63) is 23.5 Å². The Morgan fingerprint density at radius 1 is 1.39 bits per heavy atom. The zero-order valence-electron chi connectivity index (χ0n) is 12.6. The number of aliphatic imine (C=N–C) groups is 1. The van der Waals surface area contributed by atoms with Crippen LogP contribution in [0.25, 0.3) is 0 Å². The number of aromatic nitrogens is 1. The highest BCUT2D eigenvalue weighted by Crippen LogP contribution is 2.30. The summed E-state index contributed by atoms with van der Waals surface area (Å²) >= 11 is 0. The molecule has 2 amide bonds. The van der Waals surface area contributed by atoms with Gasteiger partial charge in [-0.15, -0.1) is 0 Å². The summed E-state index contributed by atoms with van der Waals surface area (Å²) in [7, 11) is 0. The molecule has 1 aromatic heterocycles. The molecule has 3 rings (SSSR count). The minimum Gasteiger partial charge on any atom is -0.370 e. The lowest BCUT2D eigenvalue weighted by molar-refractivity contribution is -0.125. The van der Waals surface area contributed by atoms with Gasteiger partial charge in [-0.2, -0.15) is 8.78 Å². The third-order valence-electron chi connectivity index (χ3n) is 4.41. The van der Waals surface area contributed by atoms with E-state index in [9.17, 15) is 18.4 Å². The topological polar surface area (TPSA) is 92.7 Å². The van der Waals surface area contributed by atoms with Crippen molar-refractivity contribution in [1.82, 2.24) is 14.8 Å². The first-order chi connectivity index (χ1) is 10.8. The van der Waals surface area contributed by atoms with E-state index in [-0.39, 0.29) is 30.7 Å². The van der Waals surface area contributed by atoms with E-state index in [4.69, 9.17) is 5.73 Å². The molecule has 0 saturated carbocycles. The van der Waals surface area contributed by atoms with Gasteiger partial charge in [0.15, 0.2) is 5.96 Å². The molecule has 1 fully saturated rings.